The van der Waals surface area contributed by atoms with E-state index in [-0.39, 0.29) is 5.92 Å². The van der Waals surface area contributed by atoms with Crippen molar-refractivity contribution < 1.29 is 9.90 Å². The number of carbonyl (C=O) groups is 1. The van der Waals surface area contributed by atoms with Crippen LogP contribution in [0.4, 0.5) is 0 Å². The van der Waals surface area contributed by atoms with Crippen molar-refractivity contribution >= 4 is 5.78 Å². The van der Waals surface area contributed by atoms with Gasteiger partial charge in [-0.3, -0.25) is 9.69 Å². The van der Waals surface area contributed by atoms with Crippen LogP contribution in [0.15, 0.2) is 0 Å². The molecule has 2 fully saturated rings. The topological polar surface area (TPSA) is 40.5 Å². The highest BCUT2D eigenvalue weighted by Gasteiger charge is 2.36. The summed E-state index contributed by atoms with van der Waals surface area (Å²) in [6.07, 6.45) is 4.69. The van der Waals surface area contributed by atoms with E-state index in [0.717, 1.165) is 51.7 Å². The van der Waals surface area contributed by atoms with Crippen LogP contribution < -0.4 is 0 Å². The molecule has 2 aliphatic rings. The maximum absolute atomic E-state index is 12.0. The maximum Gasteiger partial charge on any atom is 0.137 e. The third-order valence-corrected chi connectivity index (χ3v) is 4.54. The lowest BCUT2D eigenvalue weighted by Crippen LogP contribution is -2.49. The molecule has 0 aromatic carbocycles. The Labute approximate surface area is 111 Å². The average Bonchev–Trinajstić information content (AvgIpc) is 2.22. The SMILES string of the molecule is CC1(C)CCC(=O)C(CN2CCCC(C)(O)C2)C1. The van der Waals surface area contributed by atoms with E-state index in [1.165, 1.54) is 0 Å². The van der Waals surface area contributed by atoms with Crippen LogP contribution in [0.2, 0.25) is 0 Å². The average molecular weight is 253 g/mol. The molecule has 1 aliphatic carbocycles. The molecule has 3 nitrogen and oxygen atoms in total. The molecular weight excluding hydrogens is 226 g/mol. The zero-order valence-corrected chi connectivity index (χ0v) is 12.0. The lowest BCUT2D eigenvalue weighted by atomic mass is 9.71. The number of β-amino-alcohol motifs (C(OH)–C–C–N with tert-alkyl or cyclic N) is 1. The fourth-order valence-corrected chi connectivity index (χ4v) is 3.51. The van der Waals surface area contributed by atoms with Crippen LogP contribution in [-0.4, -0.2) is 41.0 Å². The highest BCUT2D eigenvalue weighted by Crippen LogP contribution is 2.37. The number of likely N-dealkylation sites (tertiary alicyclic amines) is 1. The minimum atomic E-state index is -0.564. The zero-order chi connectivity index (χ0) is 13.4. The third kappa shape index (κ3) is 3.55. The van der Waals surface area contributed by atoms with Crippen LogP contribution in [0.3, 0.4) is 0 Å². The molecule has 1 saturated carbocycles. The van der Waals surface area contributed by atoms with Crippen LogP contribution in [0.1, 0.15) is 52.9 Å². The predicted octanol–water partition coefficient (Wildman–Crippen LogP) is 2.23. The Morgan fingerprint density at radius 2 is 2.06 bits per heavy atom. The number of rotatable bonds is 2. The Balaban J connectivity index is 1.93. The molecule has 1 heterocycles. The van der Waals surface area contributed by atoms with Crippen LogP contribution in [0.5, 0.6) is 0 Å². The number of hydrogen-bond acceptors (Lipinski definition) is 3. The van der Waals surface area contributed by atoms with Gasteiger partial charge in [0.25, 0.3) is 0 Å². The molecule has 1 saturated heterocycles. The summed E-state index contributed by atoms with van der Waals surface area (Å²) < 4.78 is 0. The standard InChI is InChI=1S/C15H27NO2/c1-14(2)7-5-13(17)12(9-14)10-16-8-4-6-15(3,18)11-16/h12,18H,4-11H2,1-3H3. The number of carbonyl (C=O) groups excluding carboxylic acids is 1. The van der Waals surface area contributed by atoms with Crippen LogP contribution >= 0.6 is 0 Å². The molecule has 104 valence electrons. The van der Waals surface area contributed by atoms with Crippen molar-refractivity contribution in [2.45, 2.75) is 58.5 Å². The van der Waals surface area contributed by atoms with Crippen LogP contribution in [-0.2, 0) is 4.79 Å². The molecule has 2 unspecified atom stereocenters. The summed E-state index contributed by atoms with van der Waals surface area (Å²) in [5, 5.41) is 10.1. The summed E-state index contributed by atoms with van der Waals surface area (Å²) in [5.41, 5.74) is -0.262. The van der Waals surface area contributed by atoms with E-state index in [1.54, 1.807) is 0 Å². The Kier molecular flexibility index (Phi) is 3.84. The Hall–Kier alpha value is -0.410. The number of hydrogen-bond donors (Lipinski definition) is 1. The molecule has 0 bridgehead atoms. The molecule has 2 rings (SSSR count). The molecule has 1 aliphatic heterocycles. The van der Waals surface area contributed by atoms with Crippen molar-refractivity contribution in [3.05, 3.63) is 0 Å². The van der Waals surface area contributed by atoms with Gasteiger partial charge in [-0.2, -0.15) is 0 Å². The minimum absolute atomic E-state index is 0.183. The van der Waals surface area contributed by atoms with Gasteiger partial charge in [-0.05, 0) is 44.6 Å². The quantitative estimate of drug-likeness (QED) is 0.820. The number of ketones is 1. The predicted molar refractivity (Wildman–Crippen MR) is 72.4 cm³/mol. The smallest absolute Gasteiger partial charge is 0.137 e. The monoisotopic (exact) mass is 253 g/mol. The van der Waals surface area contributed by atoms with Gasteiger partial charge >= 0.3 is 0 Å². The maximum atomic E-state index is 12.0. The van der Waals surface area contributed by atoms with Crippen molar-refractivity contribution in [2.24, 2.45) is 11.3 Å². The van der Waals surface area contributed by atoms with Gasteiger partial charge in [0.15, 0.2) is 0 Å². The van der Waals surface area contributed by atoms with Gasteiger partial charge in [-0.1, -0.05) is 13.8 Å². The van der Waals surface area contributed by atoms with E-state index in [9.17, 15) is 9.90 Å². The third-order valence-electron chi connectivity index (χ3n) is 4.54. The first-order chi connectivity index (χ1) is 8.27. The molecular formula is C15H27NO2. The van der Waals surface area contributed by atoms with E-state index in [0.29, 0.717) is 11.2 Å². The molecule has 2 atom stereocenters. The lowest BCUT2D eigenvalue weighted by Gasteiger charge is -2.41. The van der Waals surface area contributed by atoms with E-state index in [4.69, 9.17) is 0 Å². The molecule has 0 radical (unpaired) electrons. The molecule has 0 aromatic heterocycles. The summed E-state index contributed by atoms with van der Waals surface area (Å²) in [6.45, 7) is 9.03. The second-order valence-electron chi connectivity index (χ2n) is 7.37. The van der Waals surface area contributed by atoms with Gasteiger partial charge in [-0.25, -0.2) is 0 Å². The summed E-state index contributed by atoms with van der Waals surface area (Å²) in [6, 6.07) is 0. The molecule has 0 aromatic rings. The zero-order valence-electron chi connectivity index (χ0n) is 12.0. The largest absolute Gasteiger partial charge is 0.389 e. The first kappa shape index (κ1) is 14.0. The van der Waals surface area contributed by atoms with Gasteiger partial charge in [0.2, 0.25) is 0 Å². The minimum Gasteiger partial charge on any atom is -0.389 e. The molecule has 3 heteroatoms. The second kappa shape index (κ2) is 4.93. The molecule has 0 spiro atoms. The fraction of sp³-hybridized carbons (Fsp3) is 0.933. The van der Waals surface area contributed by atoms with E-state index >= 15 is 0 Å². The van der Waals surface area contributed by atoms with Gasteiger partial charge in [0.05, 0.1) is 5.60 Å². The Bertz CT molecular complexity index is 322. The van der Waals surface area contributed by atoms with Crippen molar-refractivity contribution in [2.75, 3.05) is 19.6 Å². The van der Waals surface area contributed by atoms with E-state index < -0.39 is 5.60 Å². The molecule has 18 heavy (non-hydrogen) atoms. The second-order valence-corrected chi connectivity index (χ2v) is 7.37. The van der Waals surface area contributed by atoms with Gasteiger partial charge in [0.1, 0.15) is 5.78 Å². The van der Waals surface area contributed by atoms with Crippen LogP contribution in [0, 0.1) is 11.3 Å². The summed E-state index contributed by atoms with van der Waals surface area (Å²) >= 11 is 0. The normalized spacial score (nSPS) is 37.8. The number of nitrogens with zero attached hydrogens (tertiary/aromatic N) is 1. The summed E-state index contributed by atoms with van der Waals surface area (Å²) in [4.78, 5) is 14.3. The molecule has 0 amide bonds. The lowest BCUT2D eigenvalue weighted by molar-refractivity contribution is -0.128. The summed E-state index contributed by atoms with van der Waals surface area (Å²) in [5.74, 6) is 0.613. The van der Waals surface area contributed by atoms with Gasteiger partial charge < -0.3 is 5.11 Å². The highest BCUT2D eigenvalue weighted by molar-refractivity contribution is 5.82. The number of aliphatic hydroxyl groups is 1. The van der Waals surface area contributed by atoms with Gasteiger partial charge in [0, 0.05) is 25.4 Å². The van der Waals surface area contributed by atoms with Gasteiger partial charge in [-0.15, -0.1) is 0 Å². The Morgan fingerprint density at radius 3 is 2.72 bits per heavy atom. The first-order valence-corrected chi connectivity index (χ1v) is 7.25. The number of piperidine rings is 1. The van der Waals surface area contributed by atoms with Crippen molar-refractivity contribution in [1.29, 1.82) is 0 Å². The summed E-state index contributed by atoms with van der Waals surface area (Å²) in [7, 11) is 0. The fourth-order valence-electron chi connectivity index (χ4n) is 3.51. The van der Waals surface area contributed by atoms with E-state index in [1.807, 2.05) is 6.92 Å². The first-order valence-electron chi connectivity index (χ1n) is 7.25. The van der Waals surface area contributed by atoms with E-state index in [2.05, 4.69) is 18.7 Å². The highest BCUT2D eigenvalue weighted by atomic mass is 16.3. The van der Waals surface area contributed by atoms with Crippen molar-refractivity contribution in [1.82, 2.24) is 4.90 Å². The number of Topliss-reactive ketones (excluding diaryl/α,β-unsaturated/α-hetero) is 1. The van der Waals surface area contributed by atoms with Crippen molar-refractivity contribution in [3.8, 4) is 0 Å². The van der Waals surface area contributed by atoms with Crippen LogP contribution in [0.25, 0.3) is 0 Å². The molecule has 1 N–H and O–H groups in total. The Morgan fingerprint density at radius 1 is 1.33 bits per heavy atom. The van der Waals surface area contributed by atoms with Crippen molar-refractivity contribution in [3.63, 3.8) is 0 Å².